The smallest absolute Gasteiger partial charge is 0.248 e. The fraction of sp³-hybridized carbons (Fsp3) is 0. The summed E-state index contributed by atoms with van der Waals surface area (Å²) < 4.78 is 5.74. The number of aromatic nitrogens is 2. The monoisotopic (exact) mass is 357 g/mol. The number of phenols is 2. The van der Waals surface area contributed by atoms with Crippen molar-refractivity contribution in [3.63, 3.8) is 0 Å². The Morgan fingerprint density at radius 1 is 0.741 bits per heavy atom. The van der Waals surface area contributed by atoms with Crippen molar-refractivity contribution in [3.8, 4) is 34.4 Å². The van der Waals surface area contributed by atoms with Gasteiger partial charge in [0, 0.05) is 17.3 Å². The number of nitrogens with zero attached hydrogens (tertiary/aromatic N) is 3. The van der Waals surface area contributed by atoms with Crippen LogP contribution >= 0.6 is 0 Å². The van der Waals surface area contributed by atoms with Gasteiger partial charge >= 0.3 is 0 Å². The van der Waals surface area contributed by atoms with Crippen LogP contribution in [0.15, 0.2) is 82.2 Å². The summed E-state index contributed by atoms with van der Waals surface area (Å²) in [6.07, 6.45) is 1.61. The molecule has 0 amide bonds. The molecule has 4 rings (SSSR count). The van der Waals surface area contributed by atoms with Gasteiger partial charge in [-0.3, -0.25) is 4.99 Å². The maximum atomic E-state index is 9.51. The van der Waals surface area contributed by atoms with Crippen LogP contribution in [0.4, 0.5) is 5.69 Å². The summed E-state index contributed by atoms with van der Waals surface area (Å²) in [5.41, 5.74) is 3.08. The van der Waals surface area contributed by atoms with E-state index in [4.69, 9.17) is 4.42 Å². The lowest BCUT2D eigenvalue weighted by Gasteiger charge is -1.99. The average molecular weight is 357 g/mol. The largest absolute Gasteiger partial charge is 0.504 e. The Kier molecular flexibility index (Phi) is 4.37. The third-order valence-electron chi connectivity index (χ3n) is 3.92. The molecule has 132 valence electrons. The summed E-state index contributed by atoms with van der Waals surface area (Å²) in [7, 11) is 0. The molecule has 0 unspecified atom stereocenters. The van der Waals surface area contributed by atoms with Gasteiger partial charge in [0.2, 0.25) is 11.8 Å². The molecule has 0 spiro atoms. The van der Waals surface area contributed by atoms with Crippen LogP contribution in [0.25, 0.3) is 22.9 Å². The third-order valence-corrected chi connectivity index (χ3v) is 3.92. The van der Waals surface area contributed by atoms with Crippen LogP contribution in [0.3, 0.4) is 0 Å². The Labute approximate surface area is 155 Å². The van der Waals surface area contributed by atoms with Crippen LogP contribution in [-0.4, -0.2) is 26.6 Å². The molecule has 0 aliphatic heterocycles. The van der Waals surface area contributed by atoms with Crippen LogP contribution in [0.2, 0.25) is 0 Å². The van der Waals surface area contributed by atoms with Gasteiger partial charge in [-0.05, 0) is 60.2 Å². The molecule has 6 nitrogen and oxygen atoms in total. The standard InChI is InChI=1S/C21H15N3O3/c25-18-11-6-14(12-19(18)26)13-22-17-9-7-16(8-10-17)21-24-23-20(27-21)15-4-2-1-3-5-15/h1-13,25-26H. The number of aliphatic imine (C=N–C) groups is 1. The Bertz CT molecular complexity index is 1090. The van der Waals surface area contributed by atoms with Crippen molar-refractivity contribution >= 4 is 11.9 Å². The van der Waals surface area contributed by atoms with Gasteiger partial charge in [-0.2, -0.15) is 0 Å². The Balaban J connectivity index is 1.51. The van der Waals surface area contributed by atoms with E-state index in [1.54, 1.807) is 12.3 Å². The molecule has 6 heteroatoms. The highest BCUT2D eigenvalue weighted by atomic mass is 16.4. The number of rotatable bonds is 4. The first-order chi connectivity index (χ1) is 13.2. The molecule has 0 radical (unpaired) electrons. The van der Waals surface area contributed by atoms with Crippen molar-refractivity contribution in [1.29, 1.82) is 0 Å². The van der Waals surface area contributed by atoms with E-state index in [0.29, 0.717) is 17.3 Å². The first kappa shape index (κ1) is 16.5. The SMILES string of the molecule is Oc1ccc(C=Nc2ccc(-c3nnc(-c4ccccc4)o3)cc2)cc1O. The number of hydrogen-bond acceptors (Lipinski definition) is 6. The van der Waals surface area contributed by atoms with Crippen molar-refractivity contribution in [2.45, 2.75) is 0 Å². The predicted octanol–water partition coefficient (Wildman–Crippen LogP) is 4.57. The van der Waals surface area contributed by atoms with E-state index in [2.05, 4.69) is 15.2 Å². The molecule has 3 aromatic carbocycles. The first-order valence-electron chi connectivity index (χ1n) is 8.24. The van der Waals surface area contributed by atoms with Crippen LogP contribution in [0, 0.1) is 0 Å². The topological polar surface area (TPSA) is 91.7 Å². The van der Waals surface area contributed by atoms with Crippen LogP contribution in [0.5, 0.6) is 11.5 Å². The van der Waals surface area contributed by atoms with Gasteiger partial charge in [0.15, 0.2) is 11.5 Å². The summed E-state index contributed by atoms with van der Waals surface area (Å²) >= 11 is 0. The summed E-state index contributed by atoms with van der Waals surface area (Å²) in [5.74, 6) is 0.568. The van der Waals surface area contributed by atoms with Crippen molar-refractivity contribution in [2.24, 2.45) is 4.99 Å². The lowest BCUT2D eigenvalue weighted by atomic mass is 10.2. The molecule has 1 heterocycles. The molecule has 0 saturated heterocycles. The molecule has 0 atom stereocenters. The zero-order chi connectivity index (χ0) is 18.6. The minimum atomic E-state index is -0.181. The summed E-state index contributed by atoms with van der Waals surface area (Å²) in [4.78, 5) is 4.35. The highest BCUT2D eigenvalue weighted by Crippen LogP contribution is 2.26. The number of benzene rings is 3. The summed E-state index contributed by atoms with van der Waals surface area (Å²) in [6, 6.07) is 21.5. The maximum absolute atomic E-state index is 9.51. The quantitative estimate of drug-likeness (QED) is 0.412. The van der Waals surface area contributed by atoms with E-state index >= 15 is 0 Å². The number of aromatic hydroxyl groups is 2. The van der Waals surface area contributed by atoms with E-state index in [9.17, 15) is 10.2 Å². The Hall–Kier alpha value is -3.93. The predicted molar refractivity (Wildman–Crippen MR) is 102 cm³/mol. The number of hydrogen-bond donors (Lipinski definition) is 2. The van der Waals surface area contributed by atoms with E-state index in [1.165, 1.54) is 12.1 Å². The molecule has 2 N–H and O–H groups in total. The second kappa shape index (κ2) is 7.13. The van der Waals surface area contributed by atoms with Crippen LogP contribution < -0.4 is 0 Å². The second-order valence-corrected chi connectivity index (χ2v) is 5.83. The maximum Gasteiger partial charge on any atom is 0.248 e. The molecule has 0 saturated carbocycles. The minimum Gasteiger partial charge on any atom is -0.504 e. The summed E-state index contributed by atoms with van der Waals surface area (Å²) in [6.45, 7) is 0. The molecule has 0 fully saturated rings. The normalized spacial score (nSPS) is 11.1. The van der Waals surface area contributed by atoms with Crippen molar-refractivity contribution in [2.75, 3.05) is 0 Å². The molecule has 27 heavy (non-hydrogen) atoms. The molecular weight excluding hydrogens is 342 g/mol. The number of phenolic OH excluding ortho intramolecular Hbond substituents is 2. The molecule has 0 aliphatic rings. The zero-order valence-corrected chi connectivity index (χ0v) is 14.1. The van der Waals surface area contributed by atoms with Crippen molar-refractivity contribution in [1.82, 2.24) is 10.2 Å². The first-order valence-corrected chi connectivity index (χ1v) is 8.24. The van der Waals surface area contributed by atoms with E-state index in [1.807, 2.05) is 54.6 Å². The Morgan fingerprint density at radius 3 is 2.07 bits per heavy atom. The average Bonchev–Trinajstić information content (AvgIpc) is 3.20. The van der Waals surface area contributed by atoms with Gasteiger partial charge in [-0.1, -0.05) is 18.2 Å². The fourth-order valence-electron chi connectivity index (χ4n) is 2.50. The van der Waals surface area contributed by atoms with Gasteiger partial charge in [0.1, 0.15) is 0 Å². The van der Waals surface area contributed by atoms with Gasteiger partial charge in [-0.15, -0.1) is 10.2 Å². The minimum absolute atomic E-state index is 0.161. The third kappa shape index (κ3) is 3.69. The highest BCUT2D eigenvalue weighted by Gasteiger charge is 2.09. The van der Waals surface area contributed by atoms with Gasteiger partial charge in [-0.25, -0.2) is 0 Å². The summed E-state index contributed by atoms with van der Waals surface area (Å²) in [5, 5.41) is 27.0. The van der Waals surface area contributed by atoms with E-state index < -0.39 is 0 Å². The van der Waals surface area contributed by atoms with Gasteiger partial charge in [0.05, 0.1) is 5.69 Å². The molecule has 0 aliphatic carbocycles. The lowest BCUT2D eigenvalue weighted by molar-refractivity contribution is 0.403. The van der Waals surface area contributed by atoms with Crippen LogP contribution in [0.1, 0.15) is 5.56 Å². The van der Waals surface area contributed by atoms with Gasteiger partial charge in [0.25, 0.3) is 0 Å². The second-order valence-electron chi connectivity index (χ2n) is 5.83. The zero-order valence-electron chi connectivity index (χ0n) is 14.1. The van der Waals surface area contributed by atoms with E-state index in [0.717, 1.165) is 16.8 Å². The lowest BCUT2D eigenvalue weighted by Crippen LogP contribution is -1.81. The van der Waals surface area contributed by atoms with E-state index in [-0.39, 0.29) is 11.5 Å². The fourth-order valence-corrected chi connectivity index (χ4v) is 2.50. The van der Waals surface area contributed by atoms with Gasteiger partial charge < -0.3 is 14.6 Å². The highest BCUT2D eigenvalue weighted by molar-refractivity contribution is 5.83. The Morgan fingerprint density at radius 2 is 1.41 bits per heavy atom. The molecule has 4 aromatic rings. The van der Waals surface area contributed by atoms with Crippen LogP contribution in [-0.2, 0) is 0 Å². The molecule has 1 aromatic heterocycles. The molecule has 0 bridgehead atoms. The van der Waals surface area contributed by atoms with Crippen molar-refractivity contribution < 1.29 is 14.6 Å². The molecular formula is C21H15N3O3. The van der Waals surface area contributed by atoms with Crippen molar-refractivity contribution in [3.05, 3.63) is 78.4 Å².